The van der Waals surface area contributed by atoms with Gasteiger partial charge in [0.05, 0.1) is 24.4 Å². The molecule has 1 aliphatic rings. The van der Waals surface area contributed by atoms with Crippen molar-refractivity contribution in [2.45, 2.75) is 38.1 Å². The van der Waals surface area contributed by atoms with E-state index in [0.29, 0.717) is 12.1 Å². The van der Waals surface area contributed by atoms with Crippen molar-refractivity contribution in [2.24, 2.45) is 0 Å². The zero-order valence-corrected chi connectivity index (χ0v) is 23.9. The molecular weight excluding hydrogens is 526 g/mol. The standard InChI is InChI=1S/C35H37N3O4/c1-3-18-38(2)23-32-20-33(28-11-9-25(24-39)10-12-28)42-35(41-32)29-15-13-27(14-16-29)30-7-4-6-26(19-30)21-37-34(40)31-8-5-17-36-22-31/h3-17,19,22,32-33,35,39H,1,18,20-21,23-24H2,2H3,(H,37,40)/t32-,33+,35+/m1/s1. The molecule has 7 nitrogen and oxygen atoms in total. The highest BCUT2D eigenvalue weighted by Crippen LogP contribution is 2.38. The average molecular weight is 564 g/mol. The summed E-state index contributed by atoms with van der Waals surface area (Å²) in [6.07, 6.45) is 5.18. The lowest BCUT2D eigenvalue weighted by Crippen LogP contribution is -2.37. The van der Waals surface area contributed by atoms with Crippen molar-refractivity contribution in [3.8, 4) is 11.1 Å². The Kier molecular flexibility index (Phi) is 9.90. The maximum atomic E-state index is 12.4. The molecule has 0 saturated carbocycles. The van der Waals surface area contributed by atoms with Gasteiger partial charge in [-0.2, -0.15) is 0 Å². The summed E-state index contributed by atoms with van der Waals surface area (Å²) < 4.78 is 13.0. The minimum atomic E-state index is -0.508. The van der Waals surface area contributed by atoms with E-state index < -0.39 is 6.29 Å². The fraction of sp³-hybridized carbons (Fsp3) is 0.257. The van der Waals surface area contributed by atoms with Gasteiger partial charge in [-0.05, 0) is 53.1 Å². The molecule has 5 rings (SSSR count). The number of pyridine rings is 1. The first-order valence-electron chi connectivity index (χ1n) is 14.2. The van der Waals surface area contributed by atoms with E-state index in [1.54, 1.807) is 24.5 Å². The number of ether oxygens (including phenoxy) is 2. The highest BCUT2D eigenvalue weighted by atomic mass is 16.7. The minimum absolute atomic E-state index is 0.0157. The summed E-state index contributed by atoms with van der Waals surface area (Å²) >= 11 is 0. The van der Waals surface area contributed by atoms with Crippen LogP contribution in [-0.4, -0.2) is 47.1 Å². The van der Waals surface area contributed by atoms with E-state index in [9.17, 15) is 9.90 Å². The van der Waals surface area contributed by atoms with Gasteiger partial charge in [-0.25, -0.2) is 0 Å². The van der Waals surface area contributed by atoms with Crippen LogP contribution < -0.4 is 5.32 Å². The summed E-state index contributed by atoms with van der Waals surface area (Å²) in [5, 5.41) is 12.4. The summed E-state index contributed by atoms with van der Waals surface area (Å²) in [5.41, 5.74) is 6.57. The van der Waals surface area contributed by atoms with Crippen molar-refractivity contribution in [3.63, 3.8) is 0 Å². The smallest absolute Gasteiger partial charge is 0.253 e. The molecule has 3 atom stereocenters. The monoisotopic (exact) mass is 563 g/mol. The van der Waals surface area contributed by atoms with E-state index in [1.165, 1.54) is 0 Å². The first kappa shape index (κ1) is 29.4. The van der Waals surface area contributed by atoms with Crippen LogP contribution in [0.5, 0.6) is 0 Å². The third-order valence-electron chi connectivity index (χ3n) is 7.39. The third kappa shape index (κ3) is 7.57. The average Bonchev–Trinajstić information content (AvgIpc) is 3.04. The number of carbonyl (C=O) groups excluding carboxylic acids is 1. The van der Waals surface area contributed by atoms with Crippen LogP contribution in [0.2, 0.25) is 0 Å². The van der Waals surface area contributed by atoms with Crippen molar-refractivity contribution >= 4 is 5.91 Å². The van der Waals surface area contributed by atoms with E-state index in [1.807, 2.05) is 42.5 Å². The molecule has 0 bridgehead atoms. The van der Waals surface area contributed by atoms with Gasteiger partial charge in [-0.3, -0.25) is 9.78 Å². The number of hydrogen-bond acceptors (Lipinski definition) is 6. The molecule has 0 aliphatic carbocycles. The lowest BCUT2D eigenvalue weighted by atomic mass is 9.99. The van der Waals surface area contributed by atoms with Gasteiger partial charge in [-0.1, -0.05) is 72.8 Å². The predicted octanol–water partition coefficient (Wildman–Crippen LogP) is 5.83. The number of amides is 1. The van der Waals surface area contributed by atoms with Gasteiger partial charge in [0, 0.05) is 44.0 Å². The second kappa shape index (κ2) is 14.2. The van der Waals surface area contributed by atoms with Gasteiger partial charge < -0.3 is 24.8 Å². The van der Waals surface area contributed by atoms with Gasteiger partial charge in [0.2, 0.25) is 0 Å². The Balaban J connectivity index is 1.29. The minimum Gasteiger partial charge on any atom is -0.392 e. The quantitative estimate of drug-likeness (QED) is 0.223. The number of aliphatic hydroxyl groups is 1. The molecule has 4 aromatic rings. The summed E-state index contributed by atoms with van der Waals surface area (Å²) in [6, 6.07) is 27.8. The SMILES string of the molecule is C=CCN(C)C[C@H]1C[C@@H](c2ccc(CO)cc2)O[C@@H](c2ccc(-c3cccc(CNC(=O)c4cccnc4)c3)cc2)O1. The zero-order chi connectivity index (χ0) is 29.3. The third-order valence-corrected chi connectivity index (χ3v) is 7.39. The molecule has 0 radical (unpaired) electrons. The maximum Gasteiger partial charge on any atom is 0.253 e. The van der Waals surface area contributed by atoms with E-state index in [-0.39, 0.29) is 24.7 Å². The molecule has 3 aromatic carbocycles. The Morgan fingerprint density at radius 3 is 2.50 bits per heavy atom. The normalized spacial score (nSPS) is 18.5. The van der Waals surface area contributed by atoms with Crippen LogP contribution in [0.1, 0.15) is 51.4 Å². The van der Waals surface area contributed by atoms with E-state index in [2.05, 4.69) is 65.2 Å². The van der Waals surface area contributed by atoms with Crippen LogP contribution in [0.15, 0.2) is 110 Å². The molecule has 1 aromatic heterocycles. The summed E-state index contributed by atoms with van der Waals surface area (Å²) in [5.74, 6) is -0.151. The lowest BCUT2D eigenvalue weighted by molar-refractivity contribution is -0.252. The number of hydrogen-bond donors (Lipinski definition) is 2. The number of rotatable bonds is 11. The van der Waals surface area contributed by atoms with Crippen LogP contribution in [0.4, 0.5) is 0 Å². The Labute approximate surface area is 247 Å². The van der Waals surface area contributed by atoms with Gasteiger partial charge in [0.1, 0.15) is 0 Å². The van der Waals surface area contributed by atoms with E-state index >= 15 is 0 Å². The van der Waals surface area contributed by atoms with Gasteiger partial charge >= 0.3 is 0 Å². The molecule has 1 aliphatic heterocycles. The number of aliphatic hydroxyl groups excluding tert-OH is 1. The van der Waals surface area contributed by atoms with Crippen LogP contribution >= 0.6 is 0 Å². The van der Waals surface area contributed by atoms with Gasteiger partial charge in [0.25, 0.3) is 5.91 Å². The van der Waals surface area contributed by atoms with Gasteiger partial charge in [0.15, 0.2) is 6.29 Å². The fourth-order valence-corrected chi connectivity index (χ4v) is 5.15. The van der Waals surface area contributed by atoms with Crippen molar-refractivity contribution in [2.75, 3.05) is 20.1 Å². The Morgan fingerprint density at radius 1 is 1.00 bits per heavy atom. The molecule has 7 heteroatoms. The first-order chi connectivity index (χ1) is 20.5. The molecule has 42 heavy (non-hydrogen) atoms. The Morgan fingerprint density at radius 2 is 1.79 bits per heavy atom. The van der Waals surface area contributed by atoms with Crippen LogP contribution in [0.25, 0.3) is 11.1 Å². The van der Waals surface area contributed by atoms with Crippen molar-refractivity contribution in [3.05, 3.63) is 138 Å². The highest BCUT2D eigenvalue weighted by Gasteiger charge is 2.32. The zero-order valence-electron chi connectivity index (χ0n) is 23.9. The predicted molar refractivity (Wildman–Crippen MR) is 163 cm³/mol. The van der Waals surface area contributed by atoms with Crippen LogP contribution in [-0.2, 0) is 22.6 Å². The molecule has 1 amide bonds. The molecule has 0 spiro atoms. The van der Waals surface area contributed by atoms with E-state index in [4.69, 9.17) is 9.47 Å². The van der Waals surface area contributed by atoms with Crippen molar-refractivity contribution in [1.82, 2.24) is 15.2 Å². The lowest BCUT2D eigenvalue weighted by Gasteiger charge is -2.37. The fourth-order valence-electron chi connectivity index (χ4n) is 5.15. The largest absolute Gasteiger partial charge is 0.392 e. The molecule has 2 heterocycles. The molecule has 0 unspecified atom stereocenters. The molecule has 2 N–H and O–H groups in total. The summed E-state index contributed by atoms with van der Waals surface area (Å²) in [6.45, 7) is 5.84. The highest BCUT2D eigenvalue weighted by molar-refractivity contribution is 5.93. The summed E-state index contributed by atoms with van der Waals surface area (Å²) in [7, 11) is 2.06. The molecule has 1 fully saturated rings. The van der Waals surface area contributed by atoms with Gasteiger partial charge in [-0.15, -0.1) is 6.58 Å². The molecule has 216 valence electrons. The molecule has 1 saturated heterocycles. The van der Waals surface area contributed by atoms with E-state index in [0.717, 1.165) is 52.9 Å². The number of aromatic nitrogens is 1. The van der Waals surface area contributed by atoms with Crippen LogP contribution in [0, 0.1) is 0 Å². The second-order valence-electron chi connectivity index (χ2n) is 10.6. The second-order valence-corrected chi connectivity index (χ2v) is 10.6. The summed E-state index contributed by atoms with van der Waals surface area (Å²) in [4.78, 5) is 18.6. The van der Waals surface area contributed by atoms with Crippen molar-refractivity contribution < 1.29 is 19.4 Å². The number of benzene rings is 3. The number of nitrogens with one attached hydrogen (secondary N) is 1. The topological polar surface area (TPSA) is 83.9 Å². The number of nitrogens with zero attached hydrogens (tertiary/aromatic N) is 2. The Hall–Kier alpha value is -4.14. The number of carbonyl (C=O) groups is 1. The Bertz CT molecular complexity index is 1460. The first-order valence-corrected chi connectivity index (χ1v) is 14.2. The maximum absolute atomic E-state index is 12.4. The molecular formula is C35H37N3O4. The van der Waals surface area contributed by atoms with Crippen molar-refractivity contribution in [1.29, 1.82) is 0 Å². The number of likely N-dealkylation sites (N-methyl/N-ethyl adjacent to an activating group) is 1. The van der Waals surface area contributed by atoms with Crippen LogP contribution in [0.3, 0.4) is 0 Å².